The maximum absolute atomic E-state index is 11.7. The highest BCUT2D eigenvalue weighted by molar-refractivity contribution is 8.00. The molecule has 1 aliphatic heterocycles. The summed E-state index contributed by atoms with van der Waals surface area (Å²) in [7, 11) is 1.50. The molecule has 0 radical (unpaired) electrons. The lowest BCUT2D eigenvalue weighted by Crippen LogP contribution is -2.45. The van der Waals surface area contributed by atoms with Crippen LogP contribution in [0.25, 0.3) is 0 Å². The molecule has 218 valence electrons. The number of alkyl carbamates (subject to hydrolysis) is 2. The third-order valence-electron chi connectivity index (χ3n) is 5.22. The average Bonchev–Trinajstić information content (AvgIpc) is 3.17. The highest BCUT2D eigenvalue weighted by Gasteiger charge is 2.37. The Kier molecular flexibility index (Phi) is 19.3. The minimum atomic E-state index is -0.642. The van der Waals surface area contributed by atoms with Crippen molar-refractivity contribution in [2.75, 3.05) is 46.2 Å². The van der Waals surface area contributed by atoms with E-state index in [-0.39, 0.29) is 54.9 Å². The topological polar surface area (TPSA) is 172 Å². The maximum Gasteiger partial charge on any atom is 0.407 e. The number of imide groups is 1. The molecule has 0 spiro atoms. The molecule has 38 heavy (non-hydrogen) atoms. The van der Waals surface area contributed by atoms with Gasteiger partial charge in [-0.15, -0.1) is 0 Å². The number of amides is 6. The van der Waals surface area contributed by atoms with Gasteiger partial charge in [0.25, 0.3) is 0 Å². The van der Waals surface area contributed by atoms with Gasteiger partial charge in [0.1, 0.15) is 6.04 Å². The molecule has 1 fully saturated rings. The molecule has 0 aliphatic carbocycles. The van der Waals surface area contributed by atoms with Crippen molar-refractivity contribution in [1.29, 1.82) is 0 Å². The van der Waals surface area contributed by atoms with Crippen LogP contribution in [-0.4, -0.2) is 98.2 Å². The molecular weight excluding hydrogens is 518 g/mol. The summed E-state index contributed by atoms with van der Waals surface area (Å²) in [6.45, 7) is 7.25. The van der Waals surface area contributed by atoms with Gasteiger partial charge in [-0.05, 0) is 45.8 Å². The summed E-state index contributed by atoms with van der Waals surface area (Å²) in [6.07, 6.45) is 3.88. The number of thioether (sulfide) groups is 1. The van der Waals surface area contributed by atoms with E-state index in [0.717, 1.165) is 6.42 Å². The first-order valence-electron chi connectivity index (χ1n) is 12.8. The molecule has 13 nitrogen and oxygen atoms in total. The first kappa shape index (κ1) is 35.0. The average molecular weight is 562 g/mol. The van der Waals surface area contributed by atoms with Crippen molar-refractivity contribution in [2.45, 2.75) is 70.6 Å². The zero-order valence-corrected chi connectivity index (χ0v) is 23.9. The van der Waals surface area contributed by atoms with E-state index >= 15 is 0 Å². The molecule has 1 rings (SSSR count). The normalized spacial score (nSPS) is 15.1. The number of likely N-dealkylation sites (N-methyl/N-ethyl adjacent to an activating group) is 1. The van der Waals surface area contributed by atoms with E-state index in [1.165, 1.54) is 23.7 Å². The second-order valence-corrected chi connectivity index (χ2v) is 9.13. The van der Waals surface area contributed by atoms with Crippen LogP contribution in [0.4, 0.5) is 9.59 Å². The molecule has 0 aromatic rings. The summed E-state index contributed by atoms with van der Waals surface area (Å²) >= 11 is 1.38. The Labute approximate surface area is 228 Å². The van der Waals surface area contributed by atoms with E-state index in [0.29, 0.717) is 39.0 Å². The number of carbonyl (C=O) groups excluding carboxylic acids is 6. The van der Waals surface area contributed by atoms with Crippen molar-refractivity contribution in [1.82, 2.24) is 26.2 Å². The number of ether oxygens (including phenoxy) is 2. The fourth-order valence-electron chi connectivity index (χ4n) is 3.24. The Morgan fingerprint density at radius 3 is 2.21 bits per heavy atom. The van der Waals surface area contributed by atoms with E-state index in [9.17, 15) is 28.8 Å². The molecule has 0 aromatic carbocycles. The lowest BCUT2D eigenvalue weighted by atomic mass is 10.1. The summed E-state index contributed by atoms with van der Waals surface area (Å²) in [5, 5.41) is 10.0. The third kappa shape index (κ3) is 14.6. The largest absolute Gasteiger partial charge is 0.450 e. The van der Waals surface area contributed by atoms with Gasteiger partial charge < -0.3 is 30.7 Å². The van der Waals surface area contributed by atoms with Crippen LogP contribution < -0.4 is 21.3 Å². The minimum Gasteiger partial charge on any atom is -0.450 e. The van der Waals surface area contributed by atoms with Gasteiger partial charge >= 0.3 is 12.2 Å². The summed E-state index contributed by atoms with van der Waals surface area (Å²) in [6, 6.07) is -0.642. The van der Waals surface area contributed by atoms with Crippen LogP contribution in [0.2, 0.25) is 0 Å². The molecule has 2 atom stereocenters. The number of likely N-dealkylation sites (tertiary alicyclic amines) is 1. The summed E-state index contributed by atoms with van der Waals surface area (Å²) in [5.74, 6) is -0.718. The van der Waals surface area contributed by atoms with Crippen LogP contribution in [0.3, 0.4) is 0 Å². The molecule has 6 amide bonds. The molecule has 4 N–H and O–H groups in total. The number of nitrogens with one attached hydrogen (secondary N) is 4. The fraction of sp³-hybridized carbons (Fsp3) is 0.750. The molecule has 1 aliphatic rings. The lowest BCUT2D eigenvalue weighted by Gasteiger charge is -2.16. The number of rotatable bonds is 15. The number of hydrogen-bond acceptors (Lipinski definition) is 9. The van der Waals surface area contributed by atoms with E-state index < -0.39 is 18.2 Å². The lowest BCUT2D eigenvalue weighted by molar-refractivity contribution is -0.138. The second-order valence-electron chi connectivity index (χ2n) is 8.09. The molecule has 1 heterocycles. The minimum absolute atomic E-state index is 0.111. The van der Waals surface area contributed by atoms with Crippen LogP contribution in [-0.2, 0) is 28.7 Å². The van der Waals surface area contributed by atoms with Crippen LogP contribution >= 0.6 is 11.8 Å². The van der Waals surface area contributed by atoms with Crippen molar-refractivity contribution in [3.63, 3.8) is 0 Å². The standard InChI is InChI=1S/C13H25N3O5.C11H18N2O3S/c1-4-20-12(18)15-9-7-6-8-10(11(17)14-3)16-13(19)21-5-2;1-3-5-12-9(14)4-6-13-10(15)7-8(17-2)11(13)16/h10H,4-9H2,1-3H3,(H,14,17)(H,15,18)(H,16,19);8H,3-7H2,1-2H3,(H,12,14). The van der Waals surface area contributed by atoms with Gasteiger partial charge in [-0.3, -0.25) is 24.1 Å². The first-order chi connectivity index (χ1) is 18.1. The van der Waals surface area contributed by atoms with E-state index in [2.05, 4.69) is 21.3 Å². The first-order valence-corrected chi connectivity index (χ1v) is 14.1. The summed E-state index contributed by atoms with van der Waals surface area (Å²) in [4.78, 5) is 69.8. The van der Waals surface area contributed by atoms with Gasteiger partial charge in [-0.25, -0.2) is 9.59 Å². The predicted octanol–water partition coefficient (Wildman–Crippen LogP) is 1.16. The molecule has 2 unspecified atom stereocenters. The molecule has 0 saturated carbocycles. The van der Waals surface area contributed by atoms with Crippen molar-refractivity contribution in [3.8, 4) is 0 Å². The Morgan fingerprint density at radius 1 is 1.00 bits per heavy atom. The Hall–Kier alpha value is -3.03. The molecule has 1 saturated heterocycles. The highest BCUT2D eigenvalue weighted by Crippen LogP contribution is 2.22. The SMILES string of the molecule is CCCNC(=O)CCN1C(=O)CC(SC)C1=O.CCOC(=O)NCCCCC(NC(=O)OCC)C(=O)NC. The zero-order valence-electron chi connectivity index (χ0n) is 23.1. The van der Waals surface area contributed by atoms with Crippen molar-refractivity contribution >= 4 is 47.6 Å². The van der Waals surface area contributed by atoms with Crippen molar-refractivity contribution in [3.05, 3.63) is 0 Å². The molecular formula is C24H43N5O8S. The monoisotopic (exact) mass is 561 g/mol. The van der Waals surface area contributed by atoms with E-state index in [4.69, 9.17) is 9.47 Å². The van der Waals surface area contributed by atoms with Crippen LogP contribution in [0, 0.1) is 0 Å². The van der Waals surface area contributed by atoms with Crippen LogP contribution in [0.5, 0.6) is 0 Å². The Morgan fingerprint density at radius 2 is 1.66 bits per heavy atom. The Balaban J connectivity index is 0.000000735. The van der Waals surface area contributed by atoms with Gasteiger partial charge in [-0.1, -0.05) is 6.92 Å². The number of hydrogen-bond donors (Lipinski definition) is 4. The van der Waals surface area contributed by atoms with Crippen LogP contribution in [0.1, 0.15) is 59.3 Å². The molecule has 14 heteroatoms. The van der Waals surface area contributed by atoms with E-state index in [1.807, 2.05) is 13.2 Å². The number of unbranched alkanes of at least 4 members (excludes halogenated alkanes) is 1. The third-order valence-corrected chi connectivity index (χ3v) is 6.15. The van der Waals surface area contributed by atoms with Gasteiger partial charge in [0.2, 0.25) is 23.6 Å². The summed E-state index contributed by atoms with van der Waals surface area (Å²) < 4.78 is 9.47. The fourth-order valence-corrected chi connectivity index (χ4v) is 3.88. The van der Waals surface area contributed by atoms with Gasteiger partial charge in [-0.2, -0.15) is 11.8 Å². The Bertz CT molecular complexity index is 783. The highest BCUT2D eigenvalue weighted by atomic mass is 32.2. The van der Waals surface area contributed by atoms with Crippen molar-refractivity contribution in [2.24, 2.45) is 0 Å². The second kappa shape index (κ2) is 21.0. The van der Waals surface area contributed by atoms with Gasteiger partial charge in [0.05, 0.1) is 18.5 Å². The maximum atomic E-state index is 11.7. The number of nitrogens with zero attached hydrogens (tertiary/aromatic N) is 1. The molecule has 0 bridgehead atoms. The predicted molar refractivity (Wildman–Crippen MR) is 143 cm³/mol. The quantitative estimate of drug-likeness (QED) is 0.169. The molecule has 0 aromatic heterocycles. The number of carbonyl (C=O) groups is 6. The smallest absolute Gasteiger partial charge is 0.407 e. The van der Waals surface area contributed by atoms with Crippen LogP contribution in [0.15, 0.2) is 0 Å². The van der Waals surface area contributed by atoms with Gasteiger partial charge in [0.15, 0.2) is 0 Å². The zero-order chi connectivity index (χ0) is 28.9. The summed E-state index contributed by atoms with van der Waals surface area (Å²) in [5.41, 5.74) is 0. The van der Waals surface area contributed by atoms with Gasteiger partial charge in [0, 0.05) is 39.5 Å². The van der Waals surface area contributed by atoms with E-state index in [1.54, 1.807) is 13.8 Å². The van der Waals surface area contributed by atoms with Crippen molar-refractivity contribution < 1.29 is 38.2 Å².